The maximum Gasteiger partial charge on any atom is 0.0218 e. The van der Waals surface area contributed by atoms with Gasteiger partial charge in [-0.3, -0.25) is 4.90 Å². The number of nitrogens with one attached hydrogen (secondary N) is 1. The molecule has 0 aromatic carbocycles. The first-order valence-electron chi connectivity index (χ1n) is 6.11. The summed E-state index contributed by atoms with van der Waals surface area (Å²) in [5.41, 5.74) is 0. The van der Waals surface area contributed by atoms with Gasteiger partial charge in [0.05, 0.1) is 0 Å². The minimum atomic E-state index is 0.671. The van der Waals surface area contributed by atoms with E-state index in [1.165, 1.54) is 32.5 Å². The predicted molar refractivity (Wildman–Crippen MR) is 62.6 cm³/mol. The molecule has 2 nitrogen and oxygen atoms in total. The van der Waals surface area contributed by atoms with Crippen LogP contribution in [0.15, 0.2) is 0 Å². The van der Waals surface area contributed by atoms with E-state index in [9.17, 15) is 0 Å². The number of hydrogen-bond donors (Lipinski definition) is 1. The largest absolute Gasteiger partial charge is 0.311 e. The molecular formula is C12H26N2. The van der Waals surface area contributed by atoms with Crippen LogP contribution in [0.4, 0.5) is 0 Å². The van der Waals surface area contributed by atoms with E-state index < -0.39 is 0 Å². The smallest absolute Gasteiger partial charge is 0.0218 e. The van der Waals surface area contributed by atoms with Crippen LogP contribution in [0.1, 0.15) is 40.5 Å². The van der Waals surface area contributed by atoms with Gasteiger partial charge >= 0.3 is 0 Å². The lowest BCUT2D eigenvalue weighted by molar-refractivity contribution is 0.125. The summed E-state index contributed by atoms with van der Waals surface area (Å²) in [5, 5.41) is 3.56. The molecule has 84 valence electrons. The maximum atomic E-state index is 3.56. The highest BCUT2D eigenvalue weighted by Crippen LogP contribution is 2.12. The van der Waals surface area contributed by atoms with E-state index in [0.717, 1.165) is 12.0 Å². The summed E-state index contributed by atoms with van der Waals surface area (Å²) in [6.07, 6.45) is 2.61. The molecule has 1 N–H and O–H groups in total. The van der Waals surface area contributed by atoms with E-state index in [2.05, 4.69) is 37.9 Å². The van der Waals surface area contributed by atoms with E-state index >= 15 is 0 Å². The van der Waals surface area contributed by atoms with Crippen LogP contribution in [-0.4, -0.2) is 36.6 Å². The first-order chi connectivity index (χ1) is 6.63. The molecule has 0 aliphatic carbocycles. The van der Waals surface area contributed by atoms with Gasteiger partial charge in [-0.25, -0.2) is 0 Å². The highest BCUT2D eigenvalue weighted by Gasteiger charge is 2.23. The fraction of sp³-hybridized carbons (Fsp3) is 1.00. The molecule has 1 rings (SSSR count). The summed E-state index contributed by atoms with van der Waals surface area (Å²) in [4.78, 5) is 2.67. The van der Waals surface area contributed by atoms with Gasteiger partial charge in [0.25, 0.3) is 0 Å². The minimum Gasteiger partial charge on any atom is -0.311 e. The van der Waals surface area contributed by atoms with E-state index in [-0.39, 0.29) is 0 Å². The van der Waals surface area contributed by atoms with Crippen LogP contribution in [0.25, 0.3) is 0 Å². The molecule has 0 aromatic heterocycles. The fourth-order valence-electron chi connectivity index (χ4n) is 2.13. The first kappa shape index (κ1) is 12.0. The Morgan fingerprint density at radius 1 is 1.43 bits per heavy atom. The molecule has 1 aliphatic rings. The second kappa shape index (κ2) is 5.72. The Balaban J connectivity index is 2.36. The molecular weight excluding hydrogens is 172 g/mol. The lowest BCUT2D eigenvalue weighted by Gasteiger charge is -2.39. The van der Waals surface area contributed by atoms with Crippen LogP contribution < -0.4 is 5.32 Å². The molecule has 0 amide bonds. The Bertz CT molecular complexity index is 156. The van der Waals surface area contributed by atoms with Crippen LogP contribution in [0.5, 0.6) is 0 Å². The zero-order chi connectivity index (χ0) is 10.6. The van der Waals surface area contributed by atoms with Crippen molar-refractivity contribution in [1.82, 2.24) is 10.2 Å². The van der Waals surface area contributed by atoms with Crippen LogP contribution in [-0.2, 0) is 0 Å². The maximum absolute atomic E-state index is 3.56. The third-order valence-corrected chi connectivity index (χ3v) is 3.19. The van der Waals surface area contributed by atoms with Crippen molar-refractivity contribution in [2.45, 2.75) is 52.6 Å². The first-order valence-corrected chi connectivity index (χ1v) is 6.11. The van der Waals surface area contributed by atoms with Crippen molar-refractivity contribution < 1.29 is 0 Å². The second-order valence-corrected chi connectivity index (χ2v) is 5.05. The molecule has 1 fully saturated rings. The Labute approximate surface area is 89.1 Å². The molecule has 1 heterocycles. The zero-order valence-electron chi connectivity index (χ0n) is 10.2. The van der Waals surface area contributed by atoms with Gasteiger partial charge in [-0.05, 0) is 32.2 Å². The van der Waals surface area contributed by atoms with Gasteiger partial charge in [0.2, 0.25) is 0 Å². The van der Waals surface area contributed by atoms with Crippen molar-refractivity contribution in [1.29, 1.82) is 0 Å². The van der Waals surface area contributed by atoms with E-state index in [1.54, 1.807) is 0 Å². The molecule has 1 aliphatic heterocycles. The van der Waals surface area contributed by atoms with Crippen LogP contribution in [0.2, 0.25) is 0 Å². The summed E-state index contributed by atoms with van der Waals surface area (Å²) >= 11 is 0. The summed E-state index contributed by atoms with van der Waals surface area (Å²) in [7, 11) is 0. The van der Waals surface area contributed by atoms with Crippen molar-refractivity contribution in [3.8, 4) is 0 Å². The van der Waals surface area contributed by atoms with Gasteiger partial charge < -0.3 is 5.32 Å². The SMILES string of the molecule is CCC1CNC(C)CN1CCC(C)C. The van der Waals surface area contributed by atoms with Crippen molar-refractivity contribution >= 4 is 0 Å². The minimum absolute atomic E-state index is 0.671. The lowest BCUT2D eigenvalue weighted by atomic mass is 10.0. The summed E-state index contributed by atoms with van der Waals surface area (Å²) in [5.74, 6) is 0.831. The molecule has 2 unspecified atom stereocenters. The summed E-state index contributed by atoms with van der Waals surface area (Å²) in [6.45, 7) is 12.9. The Morgan fingerprint density at radius 2 is 2.14 bits per heavy atom. The van der Waals surface area contributed by atoms with Crippen molar-refractivity contribution in [3.05, 3.63) is 0 Å². The van der Waals surface area contributed by atoms with E-state index in [4.69, 9.17) is 0 Å². The standard InChI is InChI=1S/C12H26N2/c1-5-12-8-13-11(4)9-14(12)7-6-10(2)3/h10-13H,5-9H2,1-4H3. The van der Waals surface area contributed by atoms with Crippen molar-refractivity contribution in [2.75, 3.05) is 19.6 Å². The third kappa shape index (κ3) is 3.58. The van der Waals surface area contributed by atoms with E-state index in [0.29, 0.717) is 6.04 Å². The predicted octanol–water partition coefficient (Wildman–Crippen LogP) is 2.10. The van der Waals surface area contributed by atoms with E-state index in [1.807, 2.05) is 0 Å². The average Bonchev–Trinajstić information content (AvgIpc) is 2.15. The number of rotatable bonds is 4. The molecule has 14 heavy (non-hydrogen) atoms. The molecule has 0 bridgehead atoms. The molecule has 2 atom stereocenters. The van der Waals surface area contributed by atoms with Crippen LogP contribution in [0, 0.1) is 5.92 Å². The van der Waals surface area contributed by atoms with Gasteiger partial charge in [-0.1, -0.05) is 20.8 Å². The number of nitrogens with zero attached hydrogens (tertiary/aromatic N) is 1. The fourth-order valence-corrected chi connectivity index (χ4v) is 2.13. The quantitative estimate of drug-likeness (QED) is 0.744. The molecule has 0 radical (unpaired) electrons. The molecule has 0 spiro atoms. The highest BCUT2D eigenvalue weighted by atomic mass is 15.2. The second-order valence-electron chi connectivity index (χ2n) is 5.05. The topological polar surface area (TPSA) is 15.3 Å². The normalized spacial score (nSPS) is 29.8. The monoisotopic (exact) mass is 198 g/mol. The third-order valence-electron chi connectivity index (χ3n) is 3.19. The van der Waals surface area contributed by atoms with Gasteiger partial charge in [-0.15, -0.1) is 0 Å². The summed E-state index contributed by atoms with van der Waals surface area (Å²) < 4.78 is 0. The Kier molecular flexibility index (Phi) is 4.90. The van der Waals surface area contributed by atoms with Crippen molar-refractivity contribution in [2.24, 2.45) is 5.92 Å². The highest BCUT2D eigenvalue weighted by molar-refractivity contribution is 4.83. The summed E-state index contributed by atoms with van der Waals surface area (Å²) in [6, 6.07) is 1.44. The Morgan fingerprint density at radius 3 is 2.71 bits per heavy atom. The molecule has 0 aromatic rings. The zero-order valence-corrected chi connectivity index (χ0v) is 10.2. The van der Waals surface area contributed by atoms with Gasteiger partial charge in [0.15, 0.2) is 0 Å². The molecule has 1 saturated heterocycles. The van der Waals surface area contributed by atoms with Gasteiger partial charge in [0, 0.05) is 25.2 Å². The average molecular weight is 198 g/mol. The molecule has 0 saturated carbocycles. The number of hydrogen-bond acceptors (Lipinski definition) is 2. The number of piperazine rings is 1. The van der Waals surface area contributed by atoms with Gasteiger partial charge in [0.1, 0.15) is 0 Å². The van der Waals surface area contributed by atoms with Crippen LogP contribution in [0.3, 0.4) is 0 Å². The van der Waals surface area contributed by atoms with Gasteiger partial charge in [-0.2, -0.15) is 0 Å². The lowest BCUT2D eigenvalue weighted by Crippen LogP contribution is -2.55. The van der Waals surface area contributed by atoms with Crippen molar-refractivity contribution in [3.63, 3.8) is 0 Å². The molecule has 2 heteroatoms. The van der Waals surface area contributed by atoms with Crippen LogP contribution >= 0.6 is 0 Å². The Hall–Kier alpha value is -0.0800.